The Hall–Kier alpha value is -2.63. The molecule has 0 bridgehead atoms. The zero-order valence-corrected chi connectivity index (χ0v) is 19.4. The summed E-state index contributed by atoms with van der Waals surface area (Å²) in [5, 5.41) is 7.98. The van der Waals surface area contributed by atoms with E-state index in [4.69, 9.17) is 5.10 Å². The number of fused-ring (bicyclic) bond motifs is 1. The summed E-state index contributed by atoms with van der Waals surface area (Å²) in [6.45, 7) is 10.5. The number of carbonyl (C=O) groups is 2. The molecule has 6 nitrogen and oxygen atoms in total. The summed E-state index contributed by atoms with van der Waals surface area (Å²) in [7, 11) is 0. The number of amides is 2. The molecule has 1 aliphatic heterocycles. The molecule has 1 aromatic carbocycles. The Morgan fingerprint density at radius 3 is 2.39 bits per heavy atom. The molecule has 4 rings (SSSR count). The number of carbonyl (C=O) groups excluding carboxylic acids is 2. The highest BCUT2D eigenvalue weighted by atomic mass is 16.2. The quantitative estimate of drug-likeness (QED) is 0.799. The highest BCUT2D eigenvalue weighted by molar-refractivity contribution is 6.11. The van der Waals surface area contributed by atoms with Gasteiger partial charge in [0.15, 0.2) is 0 Å². The van der Waals surface area contributed by atoms with Gasteiger partial charge in [0.2, 0.25) is 5.91 Å². The van der Waals surface area contributed by atoms with Crippen LogP contribution in [0.4, 0.5) is 5.69 Å². The third-order valence-corrected chi connectivity index (χ3v) is 6.64. The van der Waals surface area contributed by atoms with Crippen molar-refractivity contribution in [3.05, 3.63) is 47.3 Å². The lowest BCUT2D eigenvalue weighted by molar-refractivity contribution is -0.127. The Morgan fingerprint density at radius 1 is 1.13 bits per heavy atom. The molecule has 166 valence electrons. The average molecular weight is 423 g/mol. The van der Waals surface area contributed by atoms with Crippen LogP contribution in [0.1, 0.15) is 81.5 Å². The molecule has 6 heteroatoms. The molecule has 2 amide bonds. The zero-order chi connectivity index (χ0) is 22.4. The van der Waals surface area contributed by atoms with Gasteiger partial charge in [-0.25, -0.2) is 0 Å². The monoisotopic (exact) mass is 422 g/mol. The fraction of sp³-hybridized carbons (Fsp3) is 0.560. The highest BCUT2D eigenvalue weighted by Gasteiger charge is 2.49. The Morgan fingerprint density at radius 2 is 1.77 bits per heavy atom. The summed E-state index contributed by atoms with van der Waals surface area (Å²) >= 11 is 0. The molecule has 0 spiro atoms. The number of hydrogen-bond donors (Lipinski definition) is 1. The van der Waals surface area contributed by atoms with Crippen LogP contribution in [0.2, 0.25) is 0 Å². The summed E-state index contributed by atoms with van der Waals surface area (Å²) in [6, 6.07) is 9.87. The smallest absolute Gasteiger partial charge is 0.277 e. The van der Waals surface area contributed by atoms with Gasteiger partial charge in [0.1, 0.15) is 11.2 Å². The maximum atomic E-state index is 13.7. The van der Waals surface area contributed by atoms with Gasteiger partial charge in [0.05, 0.1) is 12.2 Å². The molecule has 1 atom stereocenters. The Labute approximate surface area is 185 Å². The predicted octanol–water partition coefficient (Wildman–Crippen LogP) is 4.36. The van der Waals surface area contributed by atoms with Crippen LogP contribution in [-0.2, 0) is 16.8 Å². The summed E-state index contributed by atoms with van der Waals surface area (Å²) < 4.78 is 1.73. The van der Waals surface area contributed by atoms with Crippen LogP contribution in [-0.4, -0.2) is 33.2 Å². The second-order valence-corrected chi connectivity index (χ2v) is 10.4. The first-order chi connectivity index (χ1) is 14.6. The fourth-order valence-electron chi connectivity index (χ4n) is 4.63. The first-order valence-corrected chi connectivity index (χ1v) is 11.4. The number of hydrogen-bond acceptors (Lipinski definition) is 3. The Balaban J connectivity index is 1.76. The van der Waals surface area contributed by atoms with Crippen LogP contribution in [0.25, 0.3) is 0 Å². The summed E-state index contributed by atoms with van der Waals surface area (Å²) in [5.41, 5.74) is 2.01. The van der Waals surface area contributed by atoms with Crippen LogP contribution >= 0.6 is 0 Å². The van der Waals surface area contributed by atoms with Crippen molar-refractivity contribution in [1.82, 2.24) is 15.1 Å². The molecule has 1 fully saturated rings. The Kier molecular flexibility index (Phi) is 5.44. The van der Waals surface area contributed by atoms with Gasteiger partial charge in [-0.1, -0.05) is 57.7 Å². The number of benzene rings is 1. The van der Waals surface area contributed by atoms with Crippen LogP contribution in [0.15, 0.2) is 30.3 Å². The minimum atomic E-state index is -1.06. The average Bonchev–Trinajstić information content (AvgIpc) is 3.15. The number of nitrogens with one attached hydrogen (secondary N) is 1. The van der Waals surface area contributed by atoms with Crippen LogP contribution in [0, 0.1) is 6.92 Å². The molecular formula is C25H34N4O2. The fourth-order valence-corrected chi connectivity index (χ4v) is 4.63. The van der Waals surface area contributed by atoms with Crippen molar-refractivity contribution < 1.29 is 9.59 Å². The normalized spacial score (nSPS) is 22.4. The van der Waals surface area contributed by atoms with E-state index in [0.29, 0.717) is 12.2 Å². The molecule has 0 radical (unpaired) electrons. The van der Waals surface area contributed by atoms with E-state index >= 15 is 0 Å². The van der Waals surface area contributed by atoms with Gasteiger partial charge in [0.25, 0.3) is 5.91 Å². The number of anilines is 1. The van der Waals surface area contributed by atoms with Gasteiger partial charge in [-0.05, 0) is 44.9 Å². The molecule has 2 aromatic rings. The van der Waals surface area contributed by atoms with Gasteiger partial charge < -0.3 is 5.32 Å². The van der Waals surface area contributed by atoms with Crippen LogP contribution in [0.3, 0.4) is 0 Å². The second kappa shape index (κ2) is 7.81. The van der Waals surface area contributed by atoms with E-state index in [9.17, 15) is 9.59 Å². The molecular weight excluding hydrogens is 388 g/mol. The number of aromatic nitrogens is 2. The van der Waals surface area contributed by atoms with Crippen LogP contribution < -0.4 is 10.2 Å². The first-order valence-electron chi connectivity index (χ1n) is 11.4. The largest absolute Gasteiger partial charge is 0.351 e. The highest BCUT2D eigenvalue weighted by Crippen LogP contribution is 2.35. The third-order valence-electron chi connectivity index (χ3n) is 6.64. The minimum absolute atomic E-state index is 0.105. The number of aryl methyl sites for hydroxylation is 1. The van der Waals surface area contributed by atoms with E-state index in [1.54, 1.807) is 9.58 Å². The molecule has 1 aromatic heterocycles. The summed E-state index contributed by atoms with van der Waals surface area (Å²) in [6.07, 6.45) is 5.51. The maximum absolute atomic E-state index is 13.7. The molecule has 0 unspecified atom stereocenters. The third kappa shape index (κ3) is 4.00. The standard InChI is InChI=1S/C25H34N4O2/c1-17-11-13-19(14-12-17)29-22(30)20-15-21(24(2,3)4)27-28(20)16-25(29,5)23(31)26-18-9-7-6-8-10-18/h11-15,18H,6-10,16H2,1-5H3,(H,26,31)/t25-/m0/s1. The van der Waals surface area contributed by atoms with E-state index < -0.39 is 5.54 Å². The van der Waals surface area contributed by atoms with E-state index in [1.165, 1.54) is 6.42 Å². The van der Waals surface area contributed by atoms with Crippen molar-refractivity contribution in [2.75, 3.05) is 4.90 Å². The van der Waals surface area contributed by atoms with E-state index in [1.807, 2.05) is 44.2 Å². The lowest BCUT2D eigenvalue weighted by atomic mass is 9.90. The van der Waals surface area contributed by atoms with Crippen molar-refractivity contribution in [2.24, 2.45) is 0 Å². The lowest BCUT2D eigenvalue weighted by Crippen LogP contribution is -2.65. The van der Waals surface area contributed by atoms with E-state index in [-0.39, 0.29) is 23.3 Å². The summed E-state index contributed by atoms with van der Waals surface area (Å²) in [4.78, 5) is 29.1. The van der Waals surface area contributed by atoms with Gasteiger partial charge in [-0.3, -0.25) is 19.2 Å². The topological polar surface area (TPSA) is 67.2 Å². The van der Waals surface area contributed by atoms with Gasteiger partial charge in [-0.2, -0.15) is 5.10 Å². The van der Waals surface area contributed by atoms with Crippen molar-refractivity contribution in [1.29, 1.82) is 0 Å². The van der Waals surface area contributed by atoms with Crippen molar-refractivity contribution in [3.63, 3.8) is 0 Å². The maximum Gasteiger partial charge on any atom is 0.277 e. The number of rotatable bonds is 3. The summed E-state index contributed by atoms with van der Waals surface area (Å²) in [5.74, 6) is -0.286. The minimum Gasteiger partial charge on any atom is -0.351 e. The SMILES string of the molecule is Cc1ccc(N2C(=O)c3cc(C(C)(C)C)nn3C[C@@]2(C)C(=O)NC2CCCCC2)cc1. The predicted molar refractivity (Wildman–Crippen MR) is 122 cm³/mol. The second-order valence-electron chi connectivity index (χ2n) is 10.4. The Bertz CT molecular complexity index is 980. The molecule has 1 saturated carbocycles. The lowest BCUT2D eigenvalue weighted by Gasteiger charge is -2.44. The zero-order valence-electron chi connectivity index (χ0n) is 19.4. The van der Waals surface area contributed by atoms with Gasteiger partial charge in [0, 0.05) is 17.1 Å². The molecule has 0 saturated heterocycles. The van der Waals surface area contributed by atoms with Crippen molar-refractivity contribution >= 4 is 17.5 Å². The molecule has 2 heterocycles. The van der Waals surface area contributed by atoms with E-state index in [0.717, 1.165) is 42.6 Å². The first kappa shape index (κ1) is 21.6. The van der Waals surface area contributed by atoms with Gasteiger partial charge >= 0.3 is 0 Å². The van der Waals surface area contributed by atoms with Gasteiger partial charge in [-0.15, -0.1) is 0 Å². The molecule has 2 aliphatic rings. The van der Waals surface area contributed by atoms with E-state index in [2.05, 4.69) is 26.1 Å². The molecule has 1 N–H and O–H groups in total. The number of nitrogens with zero attached hydrogens (tertiary/aromatic N) is 3. The molecule has 31 heavy (non-hydrogen) atoms. The van der Waals surface area contributed by atoms with Crippen molar-refractivity contribution in [3.8, 4) is 0 Å². The van der Waals surface area contributed by atoms with Crippen molar-refractivity contribution in [2.45, 2.75) is 90.3 Å². The van der Waals surface area contributed by atoms with Crippen LogP contribution in [0.5, 0.6) is 0 Å². The molecule has 1 aliphatic carbocycles.